The molecule has 0 radical (unpaired) electrons. The lowest BCUT2D eigenvalue weighted by Crippen LogP contribution is -1.94. The first-order chi connectivity index (χ1) is 3.93. The van der Waals surface area contributed by atoms with Gasteiger partial charge in [-0.1, -0.05) is 0 Å². The quantitative estimate of drug-likeness (QED) is 0.779. The Labute approximate surface area is 84.8 Å². The Morgan fingerprint density at radius 2 is 1.55 bits per heavy atom. The number of aromatic nitrogens is 1. The van der Waals surface area contributed by atoms with E-state index in [2.05, 4.69) is 4.98 Å². The highest BCUT2D eigenvalue weighted by Gasteiger charge is 1.80. The maximum Gasteiger partial charge on any atom is 0.0271 e. The van der Waals surface area contributed by atoms with Crippen LogP contribution in [0.3, 0.4) is 0 Å². The van der Waals surface area contributed by atoms with Crippen LogP contribution in [-0.4, -0.2) is 4.98 Å². The summed E-state index contributed by atoms with van der Waals surface area (Å²) in [6, 6.07) is 3.81. The minimum atomic E-state index is 0. The van der Waals surface area contributed by atoms with Crippen molar-refractivity contribution in [1.29, 1.82) is 0 Å². The van der Waals surface area contributed by atoms with Crippen molar-refractivity contribution in [3.8, 4) is 0 Å². The zero-order chi connectivity index (χ0) is 5.82. The lowest BCUT2D eigenvalue weighted by molar-refractivity contribution is 1.06. The summed E-state index contributed by atoms with van der Waals surface area (Å²) in [6.45, 7) is 0.600. The number of pyridine rings is 1. The van der Waals surface area contributed by atoms with Gasteiger partial charge < -0.3 is 5.73 Å². The smallest absolute Gasteiger partial charge is 0.0271 e. The molecule has 0 fully saturated rings. The van der Waals surface area contributed by atoms with E-state index in [-0.39, 0.29) is 37.2 Å². The van der Waals surface area contributed by atoms with Crippen molar-refractivity contribution >= 4 is 37.2 Å². The molecule has 0 saturated carbocycles. The van der Waals surface area contributed by atoms with Gasteiger partial charge in [0.1, 0.15) is 0 Å². The highest BCUT2D eigenvalue weighted by Crippen LogP contribution is 1.91. The minimum Gasteiger partial charge on any atom is -0.326 e. The highest BCUT2D eigenvalue weighted by atomic mass is 35.5. The van der Waals surface area contributed by atoms with E-state index >= 15 is 0 Å². The van der Waals surface area contributed by atoms with Crippen LogP contribution < -0.4 is 5.73 Å². The van der Waals surface area contributed by atoms with E-state index in [0.29, 0.717) is 6.54 Å². The largest absolute Gasteiger partial charge is 0.326 e. The average Bonchev–Trinajstić information content (AvgIpc) is 1.90. The topological polar surface area (TPSA) is 38.9 Å². The van der Waals surface area contributed by atoms with Gasteiger partial charge in [-0.3, -0.25) is 4.98 Å². The molecule has 0 aliphatic heterocycles. The molecule has 1 rings (SSSR count). The molecule has 0 spiro atoms. The lowest BCUT2D eigenvalue weighted by atomic mass is 10.3. The van der Waals surface area contributed by atoms with Crippen molar-refractivity contribution in [2.75, 3.05) is 0 Å². The predicted octanol–water partition coefficient (Wildman–Crippen LogP) is 1.81. The molecule has 0 bridgehead atoms. The Hall–Kier alpha value is -0.0200. The fourth-order valence-electron chi connectivity index (χ4n) is 0.519. The van der Waals surface area contributed by atoms with Gasteiger partial charge in [-0.15, -0.1) is 37.2 Å². The average molecular weight is 218 g/mol. The molecule has 0 amide bonds. The van der Waals surface area contributed by atoms with Gasteiger partial charge >= 0.3 is 0 Å². The van der Waals surface area contributed by atoms with Crippen LogP contribution in [0.15, 0.2) is 24.5 Å². The molecule has 5 heteroatoms. The SMILES string of the molecule is Cl.Cl.Cl.NCc1ccncc1. The van der Waals surface area contributed by atoms with Crippen LogP contribution in [-0.2, 0) is 6.54 Å². The van der Waals surface area contributed by atoms with Gasteiger partial charge in [0.25, 0.3) is 0 Å². The first-order valence-corrected chi connectivity index (χ1v) is 2.52. The summed E-state index contributed by atoms with van der Waals surface area (Å²) in [5, 5.41) is 0. The number of hydrogen-bond donors (Lipinski definition) is 1. The van der Waals surface area contributed by atoms with Gasteiger partial charge in [0.2, 0.25) is 0 Å². The first-order valence-electron chi connectivity index (χ1n) is 2.52. The van der Waals surface area contributed by atoms with Crippen LogP contribution in [0, 0.1) is 0 Å². The summed E-state index contributed by atoms with van der Waals surface area (Å²) in [5.41, 5.74) is 6.45. The Morgan fingerprint density at radius 3 is 1.82 bits per heavy atom. The highest BCUT2D eigenvalue weighted by molar-refractivity contribution is 5.86. The number of halogens is 3. The number of hydrogen-bond acceptors (Lipinski definition) is 2. The van der Waals surface area contributed by atoms with Gasteiger partial charge in [0, 0.05) is 18.9 Å². The van der Waals surface area contributed by atoms with Crippen LogP contribution in [0.1, 0.15) is 5.56 Å². The summed E-state index contributed by atoms with van der Waals surface area (Å²) in [4.78, 5) is 3.84. The third-order valence-electron chi connectivity index (χ3n) is 0.985. The van der Waals surface area contributed by atoms with E-state index in [4.69, 9.17) is 5.73 Å². The Morgan fingerprint density at radius 1 is 1.09 bits per heavy atom. The minimum absolute atomic E-state index is 0. The maximum absolute atomic E-state index is 5.32. The number of nitrogens with zero attached hydrogens (tertiary/aromatic N) is 1. The fourth-order valence-corrected chi connectivity index (χ4v) is 0.519. The Bertz CT molecular complexity index is 157. The van der Waals surface area contributed by atoms with E-state index in [1.54, 1.807) is 12.4 Å². The molecule has 2 nitrogen and oxygen atoms in total. The molecule has 0 aromatic carbocycles. The van der Waals surface area contributed by atoms with Crippen LogP contribution >= 0.6 is 37.2 Å². The monoisotopic (exact) mass is 216 g/mol. The van der Waals surface area contributed by atoms with Crippen molar-refractivity contribution in [2.45, 2.75) is 6.54 Å². The molecule has 1 aromatic heterocycles. The molecule has 0 saturated heterocycles. The summed E-state index contributed by atoms with van der Waals surface area (Å²) in [5.74, 6) is 0. The normalized spacial score (nSPS) is 6.64. The van der Waals surface area contributed by atoms with E-state index in [0.717, 1.165) is 5.56 Å². The van der Waals surface area contributed by atoms with Crippen LogP contribution in [0.2, 0.25) is 0 Å². The van der Waals surface area contributed by atoms with Gasteiger partial charge in [-0.2, -0.15) is 0 Å². The number of rotatable bonds is 1. The second-order valence-corrected chi connectivity index (χ2v) is 1.56. The molecule has 0 aliphatic rings. The summed E-state index contributed by atoms with van der Waals surface area (Å²) < 4.78 is 0. The van der Waals surface area contributed by atoms with Crippen molar-refractivity contribution < 1.29 is 0 Å². The maximum atomic E-state index is 5.32. The molecule has 11 heavy (non-hydrogen) atoms. The summed E-state index contributed by atoms with van der Waals surface area (Å²) >= 11 is 0. The fraction of sp³-hybridized carbons (Fsp3) is 0.167. The molecular weight excluding hydrogens is 206 g/mol. The van der Waals surface area contributed by atoms with E-state index in [9.17, 15) is 0 Å². The standard InChI is InChI=1S/C6H8N2.3ClH/c7-5-6-1-3-8-4-2-6;;;/h1-4H,5,7H2;3*1H. The molecule has 0 aliphatic carbocycles. The first kappa shape index (κ1) is 17.2. The van der Waals surface area contributed by atoms with E-state index in [1.807, 2.05) is 12.1 Å². The zero-order valence-corrected chi connectivity index (χ0v) is 8.22. The molecule has 0 atom stereocenters. The predicted molar refractivity (Wildman–Crippen MR) is 53.9 cm³/mol. The zero-order valence-electron chi connectivity index (χ0n) is 5.77. The second kappa shape index (κ2) is 9.98. The van der Waals surface area contributed by atoms with Gasteiger partial charge in [-0.25, -0.2) is 0 Å². The summed E-state index contributed by atoms with van der Waals surface area (Å²) in [7, 11) is 0. The van der Waals surface area contributed by atoms with Gasteiger partial charge in [-0.05, 0) is 17.7 Å². The molecule has 1 heterocycles. The molecule has 0 unspecified atom stereocenters. The third-order valence-corrected chi connectivity index (χ3v) is 0.985. The van der Waals surface area contributed by atoms with Crippen molar-refractivity contribution in [3.05, 3.63) is 30.1 Å². The second-order valence-electron chi connectivity index (χ2n) is 1.56. The Balaban J connectivity index is -0.000000213. The van der Waals surface area contributed by atoms with Crippen LogP contribution in [0.25, 0.3) is 0 Å². The molecule has 2 N–H and O–H groups in total. The third kappa shape index (κ3) is 6.38. The lowest BCUT2D eigenvalue weighted by Gasteiger charge is -1.89. The molecule has 1 aromatic rings. The molecule has 66 valence electrons. The van der Waals surface area contributed by atoms with Crippen LogP contribution in [0.5, 0.6) is 0 Å². The van der Waals surface area contributed by atoms with Crippen molar-refractivity contribution in [1.82, 2.24) is 4.98 Å². The van der Waals surface area contributed by atoms with Gasteiger partial charge in [0.05, 0.1) is 0 Å². The van der Waals surface area contributed by atoms with Gasteiger partial charge in [0.15, 0.2) is 0 Å². The molecular formula is C6H11Cl3N2. The van der Waals surface area contributed by atoms with E-state index in [1.165, 1.54) is 0 Å². The number of nitrogens with two attached hydrogens (primary N) is 1. The van der Waals surface area contributed by atoms with E-state index < -0.39 is 0 Å². The Kier molecular flexibility index (Phi) is 15.6. The van der Waals surface area contributed by atoms with Crippen molar-refractivity contribution in [3.63, 3.8) is 0 Å². The van der Waals surface area contributed by atoms with Crippen molar-refractivity contribution in [2.24, 2.45) is 5.73 Å². The summed E-state index contributed by atoms with van der Waals surface area (Å²) in [6.07, 6.45) is 3.48. The van der Waals surface area contributed by atoms with Crippen LogP contribution in [0.4, 0.5) is 0 Å².